The van der Waals surface area contributed by atoms with Gasteiger partial charge in [0.25, 0.3) is 0 Å². The quantitative estimate of drug-likeness (QED) is 0.553. The first kappa shape index (κ1) is 22.2. The summed E-state index contributed by atoms with van der Waals surface area (Å²) in [5.74, 6) is 3.28. The topological polar surface area (TPSA) is 69.2 Å². The monoisotopic (exact) mass is 477 g/mol. The second-order valence-corrected chi connectivity index (χ2v) is 11.3. The number of fused-ring (bicyclic) bond motifs is 1. The van der Waals surface area contributed by atoms with Crippen molar-refractivity contribution < 1.29 is 0 Å². The lowest BCUT2D eigenvalue weighted by molar-refractivity contribution is 0.150. The molecule has 3 fully saturated rings. The number of nitrogens with zero attached hydrogens (tertiary/aromatic N) is 5. The molecule has 0 aromatic carbocycles. The van der Waals surface area contributed by atoms with E-state index in [1.807, 2.05) is 29.9 Å². The number of pyridine rings is 1. The van der Waals surface area contributed by atoms with Gasteiger partial charge in [-0.1, -0.05) is 12.8 Å². The van der Waals surface area contributed by atoms with Gasteiger partial charge in [-0.3, -0.25) is 4.90 Å². The summed E-state index contributed by atoms with van der Waals surface area (Å²) in [6.07, 6.45) is 13.5. The first-order valence-corrected chi connectivity index (χ1v) is 13.7. The molecule has 0 spiro atoms. The van der Waals surface area contributed by atoms with Gasteiger partial charge in [-0.2, -0.15) is 0 Å². The van der Waals surface area contributed by atoms with Gasteiger partial charge in [-0.15, -0.1) is 11.3 Å². The number of hydrogen-bond donors (Lipinski definition) is 2. The molecule has 7 nitrogen and oxygen atoms in total. The van der Waals surface area contributed by atoms with Crippen LogP contribution in [0.2, 0.25) is 0 Å². The Labute approximate surface area is 206 Å². The Morgan fingerprint density at radius 2 is 1.68 bits per heavy atom. The number of piperidine rings is 1. The lowest BCUT2D eigenvalue weighted by Crippen LogP contribution is -2.52. The van der Waals surface area contributed by atoms with Crippen LogP contribution in [-0.2, 0) is 0 Å². The maximum absolute atomic E-state index is 4.73. The molecule has 2 saturated heterocycles. The SMILES string of the molecule is Cc1sc2cnc(Nc3cnc(N4CCC(N5CCNCC5)CC4)cn3)cc2c1C1CCCC1. The highest BCUT2D eigenvalue weighted by molar-refractivity contribution is 7.19. The van der Waals surface area contributed by atoms with Gasteiger partial charge in [0, 0.05) is 61.8 Å². The average Bonchev–Trinajstić information content (AvgIpc) is 3.52. The summed E-state index contributed by atoms with van der Waals surface area (Å²) < 4.78 is 1.29. The molecule has 2 N–H and O–H groups in total. The average molecular weight is 478 g/mol. The molecule has 3 aliphatic rings. The van der Waals surface area contributed by atoms with Gasteiger partial charge in [-0.05, 0) is 50.2 Å². The molecular formula is C26H35N7S. The van der Waals surface area contributed by atoms with Crippen molar-refractivity contribution >= 4 is 38.9 Å². The zero-order valence-corrected chi connectivity index (χ0v) is 20.9. The maximum Gasteiger partial charge on any atom is 0.150 e. The van der Waals surface area contributed by atoms with Crippen LogP contribution in [0, 0.1) is 6.92 Å². The highest BCUT2D eigenvalue weighted by Crippen LogP contribution is 2.43. The fourth-order valence-electron chi connectivity index (χ4n) is 6.12. The van der Waals surface area contributed by atoms with Crippen LogP contribution in [0.4, 0.5) is 17.5 Å². The van der Waals surface area contributed by atoms with Gasteiger partial charge in [0.1, 0.15) is 17.5 Å². The van der Waals surface area contributed by atoms with Gasteiger partial charge in [0.15, 0.2) is 0 Å². The molecule has 1 saturated carbocycles. The Morgan fingerprint density at radius 3 is 2.41 bits per heavy atom. The zero-order valence-electron chi connectivity index (χ0n) is 20.1. The molecule has 0 unspecified atom stereocenters. The third-order valence-corrected chi connectivity index (χ3v) is 8.99. The lowest BCUT2D eigenvalue weighted by Gasteiger charge is -2.40. The summed E-state index contributed by atoms with van der Waals surface area (Å²) in [6, 6.07) is 2.92. The predicted molar refractivity (Wildman–Crippen MR) is 141 cm³/mol. The van der Waals surface area contributed by atoms with Gasteiger partial charge >= 0.3 is 0 Å². The molecule has 0 amide bonds. The summed E-state index contributed by atoms with van der Waals surface area (Å²) in [5, 5.41) is 8.21. The number of aromatic nitrogens is 3. The Bertz CT molecular complexity index is 1110. The van der Waals surface area contributed by atoms with Crippen molar-refractivity contribution in [2.75, 3.05) is 49.5 Å². The number of rotatable bonds is 5. The number of anilines is 3. The summed E-state index contributed by atoms with van der Waals surface area (Å²) in [5.41, 5.74) is 1.55. The normalized spacial score (nSPS) is 20.9. The molecule has 34 heavy (non-hydrogen) atoms. The van der Waals surface area contributed by atoms with Crippen LogP contribution in [0.5, 0.6) is 0 Å². The minimum atomic E-state index is 0.707. The number of hydrogen-bond acceptors (Lipinski definition) is 8. The lowest BCUT2D eigenvalue weighted by atomic mass is 9.95. The van der Waals surface area contributed by atoms with Crippen LogP contribution in [0.25, 0.3) is 10.1 Å². The van der Waals surface area contributed by atoms with E-state index in [0.29, 0.717) is 12.0 Å². The number of aryl methyl sites for hydroxylation is 1. The van der Waals surface area contributed by atoms with E-state index in [1.165, 1.54) is 66.6 Å². The zero-order chi connectivity index (χ0) is 22.9. The third kappa shape index (κ3) is 4.51. The van der Waals surface area contributed by atoms with Crippen molar-refractivity contribution in [2.45, 2.75) is 57.4 Å². The summed E-state index contributed by atoms with van der Waals surface area (Å²) in [4.78, 5) is 20.5. The predicted octanol–water partition coefficient (Wildman–Crippen LogP) is 4.67. The van der Waals surface area contributed by atoms with Crippen molar-refractivity contribution in [3.8, 4) is 0 Å². The second-order valence-electron chi connectivity index (χ2n) is 10.0. The van der Waals surface area contributed by atoms with Crippen LogP contribution in [0.3, 0.4) is 0 Å². The molecule has 2 aliphatic heterocycles. The van der Waals surface area contributed by atoms with Crippen molar-refractivity contribution in [2.24, 2.45) is 0 Å². The highest BCUT2D eigenvalue weighted by atomic mass is 32.1. The first-order chi connectivity index (χ1) is 16.7. The maximum atomic E-state index is 4.73. The Morgan fingerprint density at radius 1 is 0.912 bits per heavy atom. The van der Waals surface area contributed by atoms with E-state index in [2.05, 4.69) is 43.4 Å². The fourth-order valence-corrected chi connectivity index (χ4v) is 7.22. The van der Waals surface area contributed by atoms with E-state index in [4.69, 9.17) is 4.98 Å². The van der Waals surface area contributed by atoms with E-state index in [1.54, 1.807) is 5.56 Å². The van der Waals surface area contributed by atoms with Crippen LogP contribution >= 0.6 is 11.3 Å². The van der Waals surface area contributed by atoms with Gasteiger partial charge < -0.3 is 15.5 Å². The van der Waals surface area contributed by atoms with Crippen molar-refractivity contribution in [3.63, 3.8) is 0 Å². The molecule has 8 heteroatoms. The largest absolute Gasteiger partial charge is 0.355 e. The van der Waals surface area contributed by atoms with E-state index >= 15 is 0 Å². The van der Waals surface area contributed by atoms with Crippen LogP contribution in [0.1, 0.15) is 54.9 Å². The van der Waals surface area contributed by atoms with Gasteiger partial charge in [-0.25, -0.2) is 15.0 Å². The van der Waals surface area contributed by atoms with Crippen molar-refractivity contribution in [1.82, 2.24) is 25.2 Å². The minimum Gasteiger partial charge on any atom is -0.355 e. The molecule has 0 bridgehead atoms. The standard InChI is InChI=1S/C26H35N7S/c1-18-26(19-4-2-3-5-19)21-14-23(28-15-22(21)34-18)31-24-16-30-25(17-29-24)33-10-6-20(7-11-33)32-12-8-27-9-13-32/h14-17,19-20,27H,2-13H2,1H3,(H,28,29,31). The summed E-state index contributed by atoms with van der Waals surface area (Å²) in [6.45, 7) is 8.97. The molecule has 0 atom stereocenters. The molecule has 3 aromatic heterocycles. The molecule has 3 aromatic rings. The first-order valence-electron chi connectivity index (χ1n) is 12.9. The van der Waals surface area contributed by atoms with Gasteiger partial charge in [0.2, 0.25) is 0 Å². The molecule has 1 aliphatic carbocycles. The number of nitrogens with one attached hydrogen (secondary N) is 2. The van der Waals surface area contributed by atoms with Crippen molar-refractivity contribution in [1.29, 1.82) is 0 Å². The fraction of sp³-hybridized carbons (Fsp3) is 0.577. The Kier molecular flexibility index (Phi) is 6.37. The highest BCUT2D eigenvalue weighted by Gasteiger charge is 2.26. The molecule has 180 valence electrons. The van der Waals surface area contributed by atoms with E-state index < -0.39 is 0 Å². The molecule has 6 rings (SSSR count). The number of piperazine rings is 1. The summed E-state index contributed by atoms with van der Waals surface area (Å²) in [7, 11) is 0. The minimum absolute atomic E-state index is 0.707. The number of thiophene rings is 1. The van der Waals surface area contributed by atoms with Crippen molar-refractivity contribution in [3.05, 3.63) is 35.1 Å². The van der Waals surface area contributed by atoms with Crippen LogP contribution < -0.4 is 15.5 Å². The van der Waals surface area contributed by atoms with E-state index in [-0.39, 0.29) is 0 Å². The second kappa shape index (κ2) is 9.76. The Balaban J connectivity index is 1.11. The van der Waals surface area contributed by atoms with Crippen LogP contribution in [-0.4, -0.2) is 65.2 Å². The third-order valence-electron chi connectivity index (χ3n) is 7.91. The van der Waals surface area contributed by atoms with E-state index in [0.717, 1.165) is 43.6 Å². The van der Waals surface area contributed by atoms with E-state index in [9.17, 15) is 0 Å². The smallest absolute Gasteiger partial charge is 0.150 e. The molecule has 0 radical (unpaired) electrons. The molecular weight excluding hydrogens is 442 g/mol. The van der Waals surface area contributed by atoms with Gasteiger partial charge in [0.05, 0.1) is 17.1 Å². The summed E-state index contributed by atoms with van der Waals surface area (Å²) >= 11 is 1.88. The Hall–Kier alpha value is -2.29. The molecule has 5 heterocycles. The van der Waals surface area contributed by atoms with Crippen LogP contribution in [0.15, 0.2) is 24.7 Å².